The summed E-state index contributed by atoms with van der Waals surface area (Å²) in [6, 6.07) is 12.7. The molecule has 0 aliphatic rings. The summed E-state index contributed by atoms with van der Waals surface area (Å²) in [5.74, 6) is 0. The number of aromatic nitrogens is 2. The lowest BCUT2D eigenvalue weighted by Crippen LogP contribution is -1.95. The standard InChI is InChI=1S/C16H15BrN2/c1-10-8-11(2)19-15(9-10)18-12(3)16(19)13-4-6-14(17)7-5-13/h4-9H,1-3H3. The van der Waals surface area contributed by atoms with Crippen LogP contribution in [0.15, 0.2) is 40.9 Å². The molecule has 0 N–H and O–H groups in total. The van der Waals surface area contributed by atoms with E-state index in [1.165, 1.54) is 22.5 Å². The van der Waals surface area contributed by atoms with Gasteiger partial charge in [-0.25, -0.2) is 4.98 Å². The van der Waals surface area contributed by atoms with E-state index in [1.54, 1.807) is 0 Å². The predicted octanol–water partition coefficient (Wildman–Crippen LogP) is 4.69. The van der Waals surface area contributed by atoms with Crippen molar-refractivity contribution < 1.29 is 0 Å². The average molecular weight is 315 g/mol. The number of hydrogen-bond acceptors (Lipinski definition) is 1. The Morgan fingerprint density at radius 1 is 1.00 bits per heavy atom. The molecule has 19 heavy (non-hydrogen) atoms. The number of imidazole rings is 1. The highest BCUT2D eigenvalue weighted by Gasteiger charge is 2.12. The zero-order valence-electron chi connectivity index (χ0n) is 11.2. The second kappa shape index (κ2) is 4.49. The number of benzene rings is 1. The summed E-state index contributed by atoms with van der Waals surface area (Å²) in [6.07, 6.45) is 0. The van der Waals surface area contributed by atoms with Gasteiger partial charge in [-0.2, -0.15) is 0 Å². The number of pyridine rings is 1. The molecule has 0 unspecified atom stereocenters. The molecule has 2 nitrogen and oxygen atoms in total. The van der Waals surface area contributed by atoms with Gasteiger partial charge in [-0.3, -0.25) is 4.40 Å². The maximum Gasteiger partial charge on any atom is 0.137 e. The number of fused-ring (bicyclic) bond motifs is 1. The SMILES string of the molecule is Cc1cc(C)n2c(-c3ccc(Br)cc3)c(C)nc2c1. The molecule has 3 aromatic rings. The highest BCUT2D eigenvalue weighted by atomic mass is 79.9. The van der Waals surface area contributed by atoms with Crippen LogP contribution >= 0.6 is 15.9 Å². The fourth-order valence-corrected chi connectivity index (χ4v) is 2.85. The molecule has 0 atom stereocenters. The van der Waals surface area contributed by atoms with Crippen molar-refractivity contribution >= 4 is 21.6 Å². The van der Waals surface area contributed by atoms with Gasteiger partial charge in [0.2, 0.25) is 0 Å². The Labute approximate surface area is 121 Å². The number of aryl methyl sites for hydroxylation is 3. The minimum Gasteiger partial charge on any atom is -0.297 e. The predicted molar refractivity (Wildman–Crippen MR) is 82.5 cm³/mol. The van der Waals surface area contributed by atoms with Crippen molar-refractivity contribution in [1.29, 1.82) is 0 Å². The second-order valence-corrected chi connectivity index (χ2v) is 5.84. The van der Waals surface area contributed by atoms with Crippen molar-refractivity contribution in [2.45, 2.75) is 20.8 Å². The summed E-state index contributed by atoms with van der Waals surface area (Å²) in [4.78, 5) is 4.68. The van der Waals surface area contributed by atoms with Gasteiger partial charge >= 0.3 is 0 Å². The fourth-order valence-electron chi connectivity index (χ4n) is 2.59. The smallest absolute Gasteiger partial charge is 0.137 e. The first-order valence-electron chi connectivity index (χ1n) is 6.28. The van der Waals surface area contributed by atoms with Gasteiger partial charge in [-0.1, -0.05) is 28.1 Å². The quantitative estimate of drug-likeness (QED) is 0.637. The molecular formula is C16H15BrN2. The van der Waals surface area contributed by atoms with E-state index in [-0.39, 0.29) is 0 Å². The molecule has 0 bridgehead atoms. The molecule has 2 heterocycles. The fraction of sp³-hybridized carbons (Fsp3) is 0.188. The zero-order valence-corrected chi connectivity index (χ0v) is 12.8. The lowest BCUT2D eigenvalue weighted by Gasteiger charge is -2.08. The van der Waals surface area contributed by atoms with E-state index in [9.17, 15) is 0 Å². The third-order valence-corrected chi connectivity index (χ3v) is 3.87. The van der Waals surface area contributed by atoms with E-state index in [4.69, 9.17) is 0 Å². The summed E-state index contributed by atoms with van der Waals surface area (Å²) in [7, 11) is 0. The van der Waals surface area contributed by atoms with E-state index < -0.39 is 0 Å². The Balaban J connectivity index is 2.34. The van der Waals surface area contributed by atoms with Crippen LogP contribution < -0.4 is 0 Å². The van der Waals surface area contributed by atoms with Gasteiger partial charge < -0.3 is 0 Å². The minimum absolute atomic E-state index is 1.02. The molecule has 0 fully saturated rings. The third kappa shape index (κ3) is 2.08. The third-order valence-electron chi connectivity index (χ3n) is 3.34. The Morgan fingerprint density at radius 2 is 1.68 bits per heavy atom. The van der Waals surface area contributed by atoms with Gasteiger partial charge in [0.15, 0.2) is 0 Å². The molecule has 3 rings (SSSR count). The van der Waals surface area contributed by atoms with E-state index >= 15 is 0 Å². The Bertz CT molecular complexity index is 755. The van der Waals surface area contributed by atoms with Crippen molar-refractivity contribution in [1.82, 2.24) is 9.38 Å². The van der Waals surface area contributed by atoms with Gasteiger partial charge in [0.25, 0.3) is 0 Å². The van der Waals surface area contributed by atoms with E-state index in [0.717, 1.165) is 15.8 Å². The number of nitrogens with zero attached hydrogens (tertiary/aromatic N) is 2. The largest absolute Gasteiger partial charge is 0.297 e. The molecule has 3 heteroatoms. The maximum atomic E-state index is 4.68. The number of hydrogen-bond donors (Lipinski definition) is 0. The molecule has 0 aliphatic heterocycles. The van der Waals surface area contributed by atoms with Crippen LogP contribution in [0.3, 0.4) is 0 Å². The molecular weight excluding hydrogens is 300 g/mol. The van der Waals surface area contributed by atoms with Crippen LogP contribution in [-0.2, 0) is 0 Å². The molecule has 1 aromatic carbocycles. The molecule has 2 aromatic heterocycles. The van der Waals surface area contributed by atoms with Crippen LogP contribution in [0.2, 0.25) is 0 Å². The summed E-state index contributed by atoms with van der Waals surface area (Å²) >= 11 is 3.48. The second-order valence-electron chi connectivity index (χ2n) is 4.92. The van der Waals surface area contributed by atoms with Crippen molar-refractivity contribution in [2.24, 2.45) is 0 Å². The van der Waals surface area contributed by atoms with E-state index in [1.807, 2.05) is 0 Å². The number of rotatable bonds is 1. The maximum absolute atomic E-state index is 4.68. The first kappa shape index (κ1) is 12.4. The van der Waals surface area contributed by atoms with Crippen LogP contribution in [0.25, 0.3) is 16.9 Å². The summed E-state index contributed by atoms with van der Waals surface area (Å²) < 4.78 is 3.32. The molecule has 96 valence electrons. The normalized spacial score (nSPS) is 11.2. The van der Waals surface area contributed by atoms with Crippen molar-refractivity contribution in [3.63, 3.8) is 0 Å². The summed E-state index contributed by atoms with van der Waals surface area (Å²) in [6.45, 7) is 6.30. The minimum atomic E-state index is 1.02. The number of halogens is 1. The van der Waals surface area contributed by atoms with E-state index in [2.05, 4.69) is 82.5 Å². The lowest BCUT2D eigenvalue weighted by atomic mass is 10.1. The molecule has 0 saturated heterocycles. The summed E-state index contributed by atoms with van der Waals surface area (Å²) in [5.41, 5.74) is 6.93. The van der Waals surface area contributed by atoms with Crippen molar-refractivity contribution in [3.8, 4) is 11.3 Å². The van der Waals surface area contributed by atoms with Gasteiger partial charge in [0.1, 0.15) is 5.65 Å². The Kier molecular flexibility index (Phi) is 2.94. The van der Waals surface area contributed by atoms with Gasteiger partial charge in [-0.15, -0.1) is 0 Å². The van der Waals surface area contributed by atoms with Crippen LogP contribution in [-0.4, -0.2) is 9.38 Å². The first-order valence-corrected chi connectivity index (χ1v) is 7.08. The average Bonchev–Trinajstić information content (AvgIpc) is 2.66. The molecule has 0 amide bonds. The molecule has 0 spiro atoms. The Hall–Kier alpha value is -1.61. The van der Waals surface area contributed by atoms with Gasteiger partial charge in [0.05, 0.1) is 11.4 Å². The molecule has 0 aliphatic carbocycles. The Morgan fingerprint density at radius 3 is 2.37 bits per heavy atom. The van der Waals surface area contributed by atoms with Crippen LogP contribution in [0, 0.1) is 20.8 Å². The van der Waals surface area contributed by atoms with Gasteiger partial charge in [-0.05, 0) is 50.6 Å². The molecule has 0 saturated carbocycles. The van der Waals surface area contributed by atoms with E-state index in [0.29, 0.717) is 0 Å². The zero-order chi connectivity index (χ0) is 13.6. The first-order chi connectivity index (χ1) is 9.06. The van der Waals surface area contributed by atoms with Gasteiger partial charge in [0, 0.05) is 15.7 Å². The highest BCUT2D eigenvalue weighted by molar-refractivity contribution is 9.10. The van der Waals surface area contributed by atoms with Crippen LogP contribution in [0.1, 0.15) is 17.0 Å². The highest BCUT2D eigenvalue weighted by Crippen LogP contribution is 2.27. The monoisotopic (exact) mass is 314 g/mol. The molecule has 0 radical (unpaired) electrons. The topological polar surface area (TPSA) is 17.3 Å². The van der Waals surface area contributed by atoms with Crippen molar-refractivity contribution in [3.05, 3.63) is 57.8 Å². The summed E-state index contributed by atoms with van der Waals surface area (Å²) in [5, 5.41) is 0. The van der Waals surface area contributed by atoms with Crippen LogP contribution in [0.4, 0.5) is 0 Å². The van der Waals surface area contributed by atoms with Crippen molar-refractivity contribution in [2.75, 3.05) is 0 Å². The lowest BCUT2D eigenvalue weighted by molar-refractivity contribution is 1.09. The van der Waals surface area contributed by atoms with Crippen LogP contribution in [0.5, 0.6) is 0 Å².